The van der Waals surface area contributed by atoms with E-state index >= 15 is 0 Å². The van der Waals surface area contributed by atoms with Crippen LogP contribution in [0.15, 0.2) is 36.4 Å². The molecule has 3 aromatic rings. The van der Waals surface area contributed by atoms with Crippen molar-refractivity contribution in [2.24, 2.45) is 17.8 Å². The van der Waals surface area contributed by atoms with Crippen molar-refractivity contribution in [2.75, 3.05) is 13.1 Å². The van der Waals surface area contributed by atoms with Crippen molar-refractivity contribution >= 4 is 11.7 Å². The lowest BCUT2D eigenvalue weighted by atomic mass is 9.82. The number of carbonyl (C=O) groups is 1. The van der Waals surface area contributed by atoms with E-state index in [4.69, 9.17) is 4.74 Å². The molecule has 2 aliphatic rings. The topological polar surface area (TPSA) is 59.7 Å². The van der Waals surface area contributed by atoms with Crippen LogP contribution in [0, 0.1) is 17.8 Å². The molecule has 1 saturated carbocycles. The van der Waals surface area contributed by atoms with Crippen molar-refractivity contribution < 1.29 is 35.9 Å². The summed E-state index contributed by atoms with van der Waals surface area (Å²) in [5, 5.41) is 4.22. The van der Waals surface area contributed by atoms with E-state index in [0.29, 0.717) is 25.1 Å². The lowest BCUT2D eigenvalue weighted by Crippen LogP contribution is -2.47. The number of ether oxygens (including phenoxy) is 1. The average Bonchev–Trinajstić information content (AvgIpc) is 3.32. The van der Waals surface area contributed by atoms with Crippen molar-refractivity contribution in [1.82, 2.24) is 19.5 Å². The molecule has 1 aromatic carbocycles. The SMILES string of the molecule is CC(C)(C)OC(=O)N1C[C@H]2CC[C@@H](C1)C2Cc1nc2c(-c3ccc(C(F)(F)F)cc3)ccc(C(F)(F)F)n2n1. The maximum atomic E-state index is 13.8. The summed E-state index contributed by atoms with van der Waals surface area (Å²) in [7, 11) is 0. The third kappa shape index (κ3) is 5.56. The number of hydrogen-bond acceptors (Lipinski definition) is 4. The Morgan fingerprint density at radius 3 is 2.08 bits per heavy atom. The molecule has 1 aliphatic heterocycles. The molecule has 6 nitrogen and oxygen atoms in total. The lowest BCUT2D eigenvalue weighted by molar-refractivity contribution is -0.142. The molecule has 2 bridgehead atoms. The van der Waals surface area contributed by atoms with Crippen molar-refractivity contribution in [3.63, 3.8) is 0 Å². The van der Waals surface area contributed by atoms with E-state index in [1.807, 2.05) is 0 Å². The summed E-state index contributed by atoms with van der Waals surface area (Å²) in [5.74, 6) is 0.594. The van der Waals surface area contributed by atoms with Crippen molar-refractivity contribution in [3.05, 3.63) is 53.5 Å². The quantitative estimate of drug-likeness (QED) is 0.332. The van der Waals surface area contributed by atoms with Crippen LogP contribution in [0.4, 0.5) is 31.1 Å². The molecule has 3 atom stereocenters. The minimum absolute atomic E-state index is 0.0712. The van der Waals surface area contributed by atoms with E-state index in [0.717, 1.165) is 35.6 Å². The Bertz CT molecular complexity index is 1360. The number of amides is 1. The number of hydrogen-bond donors (Lipinski definition) is 0. The standard InChI is InChI=1S/C27H28F6N4O2/c1-25(2,3)39-24(38)36-13-16-4-5-17(14-36)20(16)12-22-34-23-19(10-11-21(27(31,32)33)37(23)35-22)15-6-8-18(9-7-15)26(28,29)30/h6-11,16-17,20H,4-5,12-14H2,1-3H3/t16-,17+,20?. The summed E-state index contributed by atoms with van der Waals surface area (Å²) in [6.45, 7) is 6.39. The summed E-state index contributed by atoms with van der Waals surface area (Å²) < 4.78 is 86.7. The molecule has 210 valence electrons. The van der Waals surface area contributed by atoms with Gasteiger partial charge in [0.1, 0.15) is 11.3 Å². The first-order valence-electron chi connectivity index (χ1n) is 12.7. The van der Waals surface area contributed by atoms with Crippen LogP contribution in [0.5, 0.6) is 0 Å². The van der Waals surface area contributed by atoms with Gasteiger partial charge in [-0.05, 0) is 81.2 Å². The Hall–Kier alpha value is -3.31. The molecule has 0 radical (unpaired) electrons. The number of pyridine rings is 1. The monoisotopic (exact) mass is 554 g/mol. The number of halogens is 6. The highest BCUT2D eigenvalue weighted by atomic mass is 19.4. The number of nitrogens with zero attached hydrogens (tertiary/aromatic N) is 4. The number of carbonyl (C=O) groups excluding carboxylic acids is 1. The predicted octanol–water partition coefficient (Wildman–Crippen LogP) is 6.87. The largest absolute Gasteiger partial charge is 0.444 e. The lowest BCUT2D eigenvalue weighted by Gasteiger charge is -2.38. The Kier molecular flexibility index (Phi) is 6.58. The first kappa shape index (κ1) is 27.3. The fourth-order valence-electron chi connectivity index (χ4n) is 5.72. The van der Waals surface area contributed by atoms with Crippen LogP contribution in [-0.4, -0.2) is 44.3 Å². The van der Waals surface area contributed by atoms with Crippen molar-refractivity contribution in [2.45, 2.75) is 58.0 Å². The molecular weight excluding hydrogens is 526 g/mol. The summed E-state index contributed by atoms with van der Waals surface area (Å²) in [5.41, 5.74) is -2.02. The number of aromatic nitrogens is 3. The molecule has 12 heteroatoms. The number of piperidine rings is 1. The molecule has 1 saturated heterocycles. The van der Waals surface area contributed by atoms with Crippen LogP contribution in [-0.2, 0) is 23.5 Å². The van der Waals surface area contributed by atoms with Gasteiger partial charge in [0.05, 0.1) is 5.56 Å². The highest BCUT2D eigenvalue weighted by Crippen LogP contribution is 2.44. The van der Waals surface area contributed by atoms with E-state index in [2.05, 4.69) is 10.1 Å². The molecule has 1 unspecified atom stereocenters. The second-order valence-corrected chi connectivity index (χ2v) is 11.3. The fraction of sp³-hybridized carbons (Fsp3) is 0.519. The van der Waals surface area contributed by atoms with Crippen LogP contribution >= 0.6 is 0 Å². The van der Waals surface area contributed by atoms with Gasteiger partial charge in [0.2, 0.25) is 0 Å². The molecular formula is C27H28F6N4O2. The summed E-state index contributed by atoms with van der Waals surface area (Å²) in [4.78, 5) is 18.8. The van der Waals surface area contributed by atoms with E-state index < -0.39 is 29.2 Å². The molecule has 2 aromatic heterocycles. The third-order valence-electron chi connectivity index (χ3n) is 7.44. The van der Waals surface area contributed by atoms with Crippen LogP contribution in [0.2, 0.25) is 0 Å². The van der Waals surface area contributed by atoms with Gasteiger partial charge in [-0.15, -0.1) is 0 Å². The third-order valence-corrected chi connectivity index (χ3v) is 7.44. The number of fused-ring (bicyclic) bond motifs is 3. The highest BCUT2D eigenvalue weighted by molar-refractivity contribution is 5.78. The van der Waals surface area contributed by atoms with E-state index in [1.54, 1.807) is 25.7 Å². The Morgan fingerprint density at radius 2 is 1.54 bits per heavy atom. The average molecular weight is 555 g/mol. The van der Waals surface area contributed by atoms with Gasteiger partial charge in [-0.1, -0.05) is 12.1 Å². The molecule has 3 heterocycles. The zero-order valence-electron chi connectivity index (χ0n) is 21.6. The zero-order valence-corrected chi connectivity index (χ0v) is 21.6. The van der Waals surface area contributed by atoms with E-state index in [1.165, 1.54) is 18.2 Å². The molecule has 39 heavy (non-hydrogen) atoms. The van der Waals surface area contributed by atoms with Gasteiger partial charge >= 0.3 is 18.4 Å². The second kappa shape index (κ2) is 9.41. The fourth-order valence-corrected chi connectivity index (χ4v) is 5.72. The van der Waals surface area contributed by atoms with Gasteiger partial charge in [0, 0.05) is 25.1 Å². The maximum absolute atomic E-state index is 13.8. The van der Waals surface area contributed by atoms with Crippen molar-refractivity contribution in [3.8, 4) is 11.1 Å². The van der Waals surface area contributed by atoms with Crippen molar-refractivity contribution in [1.29, 1.82) is 0 Å². The minimum atomic E-state index is -4.71. The molecule has 1 aliphatic carbocycles. The van der Waals surface area contributed by atoms with Gasteiger partial charge in [0.15, 0.2) is 11.5 Å². The molecule has 5 rings (SSSR count). The van der Waals surface area contributed by atoms with E-state index in [-0.39, 0.29) is 40.9 Å². The molecule has 0 N–H and O–H groups in total. The summed E-state index contributed by atoms with van der Waals surface area (Å²) in [6, 6.07) is 6.27. The number of rotatable bonds is 3. The van der Waals surface area contributed by atoms with Gasteiger partial charge in [-0.3, -0.25) is 0 Å². The maximum Gasteiger partial charge on any atom is 0.433 e. The number of benzene rings is 1. The molecule has 0 spiro atoms. The second-order valence-electron chi connectivity index (χ2n) is 11.3. The molecule has 1 amide bonds. The van der Waals surface area contributed by atoms with E-state index in [9.17, 15) is 31.1 Å². The Morgan fingerprint density at radius 1 is 0.923 bits per heavy atom. The van der Waals surface area contributed by atoms with Crippen LogP contribution in [0.25, 0.3) is 16.8 Å². The minimum Gasteiger partial charge on any atom is -0.444 e. The number of alkyl halides is 6. The molecule has 2 fully saturated rings. The zero-order chi connectivity index (χ0) is 28.3. The number of likely N-dealkylation sites (tertiary alicyclic amines) is 1. The summed E-state index contributed by atoms with van der Waals surface area (Å²) in [6.07, 6.45) is -7.52. The Labute approximate surface area is 221 Å². The highest BCUT2D eigenvalue weighted by Gasteiger charge is 2.45. The predicted molar refractivity (Wildman–Crippen MR) is 130 cm³/mol. The summed E-state index contributed by atoms with van der Waals surface area (Å²) >= 11 is 0. The Balaban J connectivity index is 1.44. The first-order chi connectivity index (χ1) is 18.1. The van der Waals surface area contributed by atoms with Crippen LogP contribution in [0.1, 0.15) is 50.7 Å². The smallest absolute Gasteiger partial charge is 0.433 e. The first-order valence-corrected chi connectivity index (χ1v) is 12.7. The normalized spacial score (nSPS) is 22.0. The van der Waals surface area contributed by atoms with Crippen LogP contribution in [0.3, 0.4) is 0 Å². The van der Waals surface area contributed by atoms with Gasteiger partial charge < -0.3 is 9.64 Å². The van der Waals surface area contributed by atoms with Gasteiger partial charge in [-0.25, -0.2) is 14.3 Å². The van der Waals surface area contributed by atoms with Gasteiger partial charge in [0.25, 0.3) is 0 Å². The van der Waals surface area contributed by atoms with Crippen LogP contribution < -0.4 is 0 Å². The van der Waals surface area contributed by atoms with Gasteiger partial charge in [-0.2, -0.15) is 31.4 Å².